The van der Waals surface area contributed by atoms with Gasteiger partial charge in [-0.1, -0.05) is 17.7 Å². The lowest BCUT2D eigenvalue weighted by Gasteiger charge is -2.28. The van der Waals surface area contributed by atoms with Gasteiger partial charge in [0.05, 0.1) is 18.3 Å². The first kappa shape index (κ1) is 19.4. The summed E-state index contributed by atoms with van der Waals surface area (Å²) in [5.41, 5.74) is 1.38. The number of carbonyl (C=O) groups is 2. The number of aliphatic hydroxyl groups is 1. The predicted octanol–water partition coefficient (Wildman–Crippen LogP) is 1.87. The van der Waals surface area contributed by atoms with Gasteiger partial charge >= 0.3 is 12.1 Å². The molecule has 9 heteroatoms. The SMILES string of the molecule is O=C1C=C(N2CCCC2)C(C(O)CCN(Cc2ccc(Cl)nc2)C(=O)O)O1. The van der Waals surface area contributed by atoms with Crippen molar-refractivity contribution in [1.29, 1.82) is 0 Å². The highest BCUT2D eigenvalue weighted by atomic mass is 35.5. The third kappa shape index (κ3) is 4.90. The van der Waals surface area contributed by atoms with Crippen molar-refractivity contribution in [3.8, 4) is 0 Å². The first-order chi connectivity index (χ1) is 12.9. The number of nitrogens with zero attached hydrogens (tertiary/aromatic N) is 3. The molecule has 2 aliphatic rings. The van der Waals surface area contributed by atoms with E-state index in [0.717, 1.165) is 25.9 Å². The molecule has 0 saturated carbocycles. The molecule has 1 aromatic rings. The zero-order valence-corrected chi connectivity index (χ0v) is 15.5. The van der Waals surface area contributed by atoms with Crippen LogP contribution < -0.4 is 0 Å². The zero-order valence-electron chi connectivity index (χ0n) is 14.8. The number of cyclic esters (lactones) is 1. The largest absolute Gasteiger partial charge is 0.465 e. The maximum Gasteiger partial charge on any atom is 0.407 e. The fourth-order valence-corrected chi connectivity index (χ4v) is 3.46. The highest BCUT2D eigenvalue weighted by Gasteiger charge is 2.36. The van der Waals surface area contributed by atoms with Gasteiger partial charge in [-0.15, -0.1) is 0 Å². The van der Waals surface area contributed by atoms with E-state index >= 15 is 0 Å². The molecule has 1 fully saturated rings. The molecule has 27 heavy (non-hydrogen) atoms. The van der Waals surface area contributed by atoms with Crippen molar-refractivity contribution < 1.29 is 24.5 Å². The summed E-state index contributed by atoms with van der Waals surface area (Å²) in [5.74, 6) is -0.469. The van der Waals surface area contributed by atoms with Crippen molar-refractivity contribution in [2.45, 2.75) is 38.0 Å². The molecule has 2 unspecified atom stereocenters. The highest BCUT2D eigenvalue weighted by Crippen LogP contribution is 2.27. The number of ether oxygens (including phenoxy) is 1. The normalized spacial score (nSPS) is 20.4. The maximum atomic E-state index is 11.7. The summed E-state index contributed by atoms with van der Waals surface area (Å²) in [6, 6.07) is 3.30. The molecule has 1 amide bonds. The molecule has 2 N–H and O–H groups in total. The average Bonchev–Trinajstić information content (AvgIpc) is 3.29. The Kier molecular flexibility index (Phi) is 6.18. The van der Waals surface area contributed by atoms with E-state index in [-0.39, 0.29) is 19.5 Å². The number of carbonyl (C=O) groups excluding carboxylic acids is 1. The minimum Gasteiger partial charge on any atom is -0.465 e. The molecule has 0 bridgehead atoms. The Hall–Kier alpha value is -2.32. The number of hydrogen-bond donors (Lipinski definition) is 2. The summed E-state index contributed by atoms with van der Waals surface area (Å²) < 4.78 is 5.26. The second kappa shape index (κ2) is 8.58. The van der Waals surface area contributed by atoms with Gasteiger partial charge in [0.15, 0.2) is 6.10 Å². The number of pyridine rings is 1. The van der Waals surface area contributed by atoms with E-state index in [1.54, 1.807) is 12.1 Å². The van der Waals surface area contributed by atoms with Gasteiger partial charge in [0.25, 0.3) is 0 Å². The fraction of sp³-hybridized carbons (Fsp3) is 0.500. The Bertz CT molecular complexity index is 718. The molecular formula is C18H22ClN3O5. The van der Waals surface area contributed by atoms with E-state index in [2.05, 4.69) is 4.98 Å². The molecule has 1 aromatic heterocycles. The molecule has 2 atom stereocenters. The van der Waals surface area contributed by atoms with E-state index in [9.17, 15) is 19.8 Å². The van der Waals surface area contributed by atoms with Crippen molar-refractivity contribution in [2.24, 2.45) is 0 Å². The summed E-state index contributed by atoms with van der Waals surface area (Å²) in [6.07, 6.45) is 2.34. The number of carboxylic acid groups (broad SMARTS) is 1. The van der Waals surface area contributed by atoms with Crippen LogP contribution in [-0.4, -0.2) is 68.9 Å². The summed E-state index contributed by atoms with van der Waals surface area (Å²) in [4.78, 5) is 30.4. The topological polar surface area (TPSA) is 103 Å². The van der Waals surface area contributed by atoms with Gasteiger partial charge in [-0.25, -0.2) is 14.6 Å². The van der Waals surface area contributed by atoms with Crippen LogP contribution in [-0.2, 0) is 16.1 Å². The number of likely N-dealkylation sites (tertiary alicyclic amines) is 1. The van der Waals surface area contributed by atoms with Gasteiger partial charge in [-0.2, -0.15) is 0 Å². The lowest BCUT2D eigenvalue weighted by molar-refractivity contribution is -0.143. The summed E-state index contributed by atoms with van der Waals surface area (Å²) >= 11 is 5.74. The van der Waals surface area contributed by atoms with Crippen LogP contribution in [0, 0.1) is 0 Å². The summed E-state index contributed by atoms with van der Waals surface area (Å²) in [6.45, 7) is 1.89. The molecule has 0 spiro atoms. The molecule has 8 nitrogen and oxygen atoms in total. The van der Waals surface area contributed by atoms with Crippen LogP contribution in [0.5, 0.6) is 0 Å². The quantitative estimate of drug-likeness (QED) is 0.536. The Balaban J connectivity index is 1.59. The van der Waals surface area contributed by atoms with Crippen LogP contribution in [0.4, 0.5) is 4.79 Å². The minimum absolute atomic E-state index is 0.0977. The van der Waals surface area contributed by atoms with Gasteiger partial charge in [0, 0.05) is 31.9 Å². The Morgan fingerprint density at radius 1 is 1.41 bits per heavy atom. The van der Waals surface area contributed by atoms with Crippen molar-refractivity contribution in [3.63, 3.8) is 0 Å². The molecule has 3 rings (SSSR count). The van der Waals surface area contributed by atoms with Crippen LogP contribution in [0.3, 0.4) is 0 Å². The van der Waals surface area contributed by atoms with Crippen LogP contribution in [0.15, 0.2) is 30.1 Å². The Labute approximate surface area is 162 Å². The minimum atomic E-state index is -1.10. The molecule has 2 aliphatic heterocycles. The van der Waals surface area contributed by atoms with Crippen LogP contribution in [0.25, 0.3) is 0 Å². The third-order valence-electron chi connectivity index (χ3n) is 4.75. The number of esters is 1. The van der Waals surface area contributed by atoms with Gasteiger partial charge in [-0.05, 0) is 30.9 Å². The number of halogens is 1. The average molecular weight is 396 g/mol. The number of hydrogen-bond acceptors (Lipinski definition) is 6. The molecular weight excluding hydrogens is 374 g/mol. The molecule has 3 heterocycles. The maximum absolute atomic E-state index is 11.7. The van der Waals surface area contributed by atoms with Crippen molar-refractivity contribution in [3.05, 3.63) is 40.8 Å². The van der Waals surface area contributed by atoms with Gasteiger partial charge in [0.2, 0.25) is 0 Å². The number of aliphatic hydroxyl groups excluding tert-OH is 1. The van der Waals surface area contributed by atoms with Gasteiger partial charge in [0.1, 0.15) is 5.15 Å². The second-order valence-electron chi connectivity index (χ2n) is 6.67. The first-order valence-corrected chi connectivity index (χ1v) is 9.25. The number of rotatable bonds is 7. The third-order valence-corrected chi connectivity index (χ3v) is 4.97. The zero-order chi connectivity index (χ0) is 19.4. The number of aromatic nitrogens is 1. The van der Waals surface area contributed by atoms with Crippen molar-refractivity contribution >= 4 is 23.7 Å². The summed E-state index contributed by atoms with van der Waals surface area (Å²) in [5, 5.41) is 20.3. The highest BCUT2D eigenvalue weighted by molar-refractivity contribution is 6.29. The smallest absolute Gasteiger partial charge is 0.407 e. The molecule has 0 radical (unpaired) electrons. The molecule has 146 valence electrons. The van der Waals surface area contributed by atoms with Crippen molar-refractivity contribution in [1.82, 2.24) is 14.8 Å². The molecule has 1 saturated heterocycles. The second-order valence-corrected chi connectivity index (χ2v) is 7.06. The van der Waals surface area contributed by atoms with E-state index < -0.39 is 24.3 Å². The van der Waals surface area contributed by atoms with Gasteiger partial charge < -0.3 is 24.7 Å². The summed E-state index contributed by atoms with van der Waals surface area (Å²) in [7, 11) is 0. The van der Waals surface area contributed by atoms with E-state index in [1.165, 1.54) is 17.2 Å². The van der Waals surface area contributed by atoms with Crippen molar-refractivity contribution in [2.75, 3.05) is 19.6 Å². The van der Waals surface area contributed by atoms with E-state index in [0.29, 0.717) is 16.4 Å². The molecule has 0 aromatic carbocycles. The lowest BCUT2D eigenvalue weighted by Crippen LogP contribution is -2.38. The fourth-order valence-electron chi connectivity index (χ4n) is 3.35. The first-order valence-electron chi connectivity index (χ1n) is 8.87. The predicted molar refractivity (Wildman–Crippen MR) is 97.1 cm³/mol. The van der Waals surface area contributed by atoms with Gasteiger partial charge in [-0.3, -0.25) is 0 Å². The lowest BCUT2D eigenvalue weighted by atomic mass is 10.1. The van der Waals surface area contributed by atoms with E-state index in [4.69, 9.17) is 16.3 Å². The van der Waals surface area contributed by atoms with Crippen LogP contribution >= 0.6 is 11.6 Å². The number of amides is 1. The van der Waals surface area contributed by atoms with E-state index in [1.807, 2.05) is 4.90 Å². The van der Waals surface area contributed by atoms with Crippen LogP contribution in [0.1, 0.15) is 24.8 Å². The Morgan fingerprint density at radius 2 is 2.15 bits per heavy atom. The Morgan fingerprint density at radius 3 is 2.78 bits per heavy atom. The monoisotopic (exact) mass is 395 g/mol. The van der Waals surface area contributed by atoms with Crippen LogP contribution in [0.2, 0.25) is 5.15 Å². The standard InChI is InChI=1S/C18H22ClN3O5/c19-15-4-3-12(10-20-15)11-22(18(25)26)8-5-14(23)17-13(9-16(24)27-17)21-6-1-2-7-21/h3-4,9-10,14,17,23H,1-2,5-8,11H2,(H,25,26). The molecule has 0 aliphatic carbocycles.